The van der Waals surface area contributed by atoms with Gasteiger partial charge >= 0.3 is 0 Å². The zero-order valence-corrected chi connectivity index (χ0v) is 17.1. The molecule has 0 radical (unpaired) electrons. The maximum Gasteiger partial charge on any atom is 0.137 e. The van der Waals surface area contributed by atoms with Gasteiger partial charge in [-0.1, -0.05) is 41.9 Å². The van der Waals surface area contributed by atoms with Crippen molar-refractivity contribution in [3.05, 3.63) is 64.2 Å². The van der Waals surface area contributed by atoms with Crippen LogP contribution in [0.4, 0.5) is 0 Å². The van der Waals surface area contributed by atoms with E-state index in [4.69, 9.17) is 16.3 Å². The molecule has 0 aliphatic carbocycles. The van der Waals surface area contributed by atoms with Gasteiger partial charge in [0.2, 0.25) is 0 Å². The summed E-state index contributed by atoms with van der Waals surface area (Å²) in [4.78, 5) is 3.09. The van der Waals surface area contributed by atoms with Gasteiger partial charge in [-0.3, -0.25) is 0 Å². The lowest BCUT2D eigenvalue weighted by Crippen LogP contribution is -3.28. The third kappa shape index (κ3) is 5.94. The Hall–Kier alpha value is -1.59. The van der Waals surface area contributed by atoms with E-state index < -0.39 is 6.10 Å². The maximum atomic E-state index is 10.4. The van der Waals surface area contributed by atoms with E-state index in [-0.39, 0.29) is 0 Å². The van der Waals surface area contributed by atoms with E-state index in [0.29, 0.717) is 6.61 Å². The summed E-state index contributed by atoms with van der Waals surface area (Å²) >= 11 is 6.19. The first-order chi connectivity index (χ1) is 13.0. The predicted molar refractivity (Wildman–Crippen MR) is 109 cm³/mol. The molecule has 4 nitrogen and oxygen atoms in total. The lowest BCUT2D eigenvalue weighted by Gasteiger charge is -2.30. The van der Waals surface area contributed by atoms with Crippen LogP contribution in [0.15, 0.2) is 42.5 Å². The fraction of sp³-hybridized carbons (Fsp3) is 0.455. The highest BCUT2D eigenvalue weighted by Crippen LogP contribution is 2.25. The minimum atomic E-state index is -0.452. The molecule has 5 heteroatoms. The molecule has 1 atom stereocenters. The number of aliphatic hydroxyl groups excluding tert-OH is 1. The van der Waals surface area contributed by atoms with Gasteiger partial charge in [0.1, 0.15) is 57.7 Å². The van der Waals surface area contributed by atoms with Crippen LogP contribution in [0, 0.1) is 13.8 Å². The van der Waals surface area contributed by atoms with Crippen LogP contribution >= 0.6 is 11.6 Å². The van der Waals surface area contributed by atoms with Crippen molar-refractivity contribution in [1.29, 1.82) is 0 Å². The minimum Gasteiger partial charge on any atom is -0.491 e. The number of piperazine rings is 1. The molecule has 1 aliphatic rings. The molecule has 1 saturated heterocycles. The first-order valence-electron chi connectivity index (χ1n) is 9.80. The number of benzene rings is 2. The normalized spacial score (nSPS) is 21.0. The topological polar surface area (TPSA) is 38.3 Å². The predicted octanol–water partition coefficient (Wildman–Crippen LogP) is 0.680. The Balaban J connectivity index is 1.40. The van der Waals surface area contributed by atoms with E-state index in [2.05, 4.69) is 30.3 Å². The number of rotatable bonds is 7. The molecular formula is C22H31ClN2O2+2. The number of aliphatic hydroxyl groups is 1. The summed E-state index contributed by atoms with van der Waals surface area (Å²) in [5.74, 6) is 0.778. The van der Waals surface area contributed by atoms with E-state index in [1.54, 1.807) is 4.90 Å². The van der Waals surface area contributed by atoms with Crippen LogP contribution in [0.25, 0.3) is 0 Å². The summed E-state index contributed by atoms with van der Waals surface area (Å²) in [6.45, 7) is 10.6. The van der Waals surface area contributed by atoms with Gasteiger partial charge in [-0.15, -0.1) is 0 Å². The van der Waals surface area contributed by atoms with Crippen LogP contribution in [0.3, 0.4) is 0 Å². The zero-order valence-electron chi connectivity index (χ0n) is 16.3. The first kappa shape index (κ1) is 20.2. The average molecular weight is 391 g/mol. The van der Waals surface area contributed by atoms with E-state index in [9.17, 15) is 5.11 Å². The maximum absolute atomic E-state index is 10.4. The quantitative estimate of drug-likeness (QED) is 0.650. The largest absolute Gasteiger partial charge is 0.491 e. The standard InChI is InChI=1S/C22H29ClN2O2/c1-17-12-21(13-18(2)22(17)23)27-16-20(26)15-25-10-8-24(9-11-25)14-19-6-4-3-5-7-19/h3-7,12-13,20,26H,8-11,14-16H2,1-2H3/p+2/t20-/m1/s1. The van der Waals surface area contributed by atoms with Crippen molar-refractivity contribution in [2.24, 2.45) is 0 Å². The van der Waals surface area contributed by atoms with Crippen molar-refractivity contribution >= 4 is 11.6 Å². The van der Waals surface area contributed by atoms with Gasteiger partial charge in [-0.25, -0.2) is 0 Å². The lowest BCUT2D eigenvalue weighted by molar-refractivity contribution is -1.02. The molecule has 3 rings (SSSR count). The van der Waals surface area contributed by atoms with E-state index >= 15 is 0 Å². The van der Waals surface area contributed by atoms with Gasteiger partial charge in [-0.2, -0.15) is 0 Å². The molecule has 2 aromatic carbocycles. The number of aryl methyl sites for hydroxylation is 2. The second-order valence-electron chi connectivity index (χ2n) is 7.70. The molecule has 2 aromatic rings. The number of halogens is 1. The highest BCUT2D eigenvalue weighted by atomic mass is 35.5. The number of ether oxygens (including phenoxy) is 1. The van der Waals surface area contributed by atoms with Crippen LogP contribution in [0.1, 0.15) is 16.7 Å². The number of nitrogens with one attached hydrogen (secondary N) is 2. The molecule has 3 N–H and O–H groups in total. The summed E-state index contributed by atoms with van der Waals surface area (Å²) in [5, 5.41) is 11.2. The van der Waals surface area contributed by atoms with Crippen molar-refractivity contribution in [3.63, 3.8) is 0 Å². The number of hydrogen-bond acceptors (Lipinski definition) is 2. The first-order valence-corrected chi connectivity index (χ1v) is 10.2. The van der Waals surface area contributed by atoms with E-state index in [1.165, 1.54) is 10.5 Å². The van der Waals surface area contributed by atoms with Crippen LogP contribution in [0.2, 0.25) is 5.02 Å². The lowest BCUT2D eigenvalue weighted by atomic mass is 10.1. The molecule has 1 aliphatic heterocycles. The van der Waals surface area contributed by atoms with Gasteiger partial charge in [0.15, 0.2) is 0 Å². The van der Waals surface area contributed by atoms with E-state index in [0.717, 1.165) is 61.2 Å². The van der Waals surface area contributed by atoms with Gasteiger partial charge in [-0.05, 0) is 37.1 Å². The summed E-state index contributed by atoms with van der Waals surface area (Å²) < 4.78 is 5.80. The fourth-order valence-electron chi connectivity index (χ4n) is 3.80. The van der Waals surface area contributed by atoms with E-state index in [1.807, 2.05) is 26.0 Å². The third-order valence-corrected chi connectivity index (χ3v) is 5.93. The van der Waals surface area contributed by atoms with Gasteiger partial charge in [0, 0.05) is 10.6 Å². The third-order valence-electron chi connectivity index (χ3n) is 5.34. The van der Waals surface area contributed by atoms with Crippen molar-refractivity contribution in [2.75, 3.05) is 39.3 Å². The van der Waals surface area contributed by atoms with Crippen LogP contribution in [0.5, 0.6) is 5.75 Å². The van der Waals surface area contributed by atoms with Crippen LogP contribution in [-0.4, -0.2) is 50.5 Å². The Morgan fingerprint density at radius 3 is 2.22 bits per heavy atom. The van der Waals surface area contributed by atoms with Gasteiger partial charge in [0.25, 0.3) is 0 Å². The molecule has 146 valence electrons. The summed E-state index contributed by atoms with van der Waals surface area (Å²) in [6, 6.07) is 14.5. The van der Waals surface area contributed by atoms with Crippen molar-refractivity contribution in [1.82, 2.24) is 0 Å². The summed E-state index contributed by atoms with van der Waals surface area (Å²) in [5.41, 5.74) is 3.41. The molecule has 0 unspecified atom stereocenters. The molecular weight excluding hydrogens is 360 g/mol. The smallest absolute Gasteiger partial charge is 0.137 e. The van der Waals surface area contributed by atoms with Gasteiger partial charge in [0.05, 0.1) is 0 Å². The highest BCUT2D eigenvalue weighted by molar-refractivity contribution is 6.32. The molecule has 0 amide bonds. The Morgan fingerprint density at radius 2 is 1.59 bits per heavy atom. The number of quaternary nitrogens is 2. The van der Waals surface area contributed by atoms with Crippen molar-refractivity contribution in [3.8, 4) is 5.75 Å². The SMILES string of the molecule is Cc1cc(OC[C@H](O)C[NH+]2CC[NH+](Cc3ccccc3)CC2)cc(C)c1Cl. The van der Waals surface area contributed by atoms with Crippen LogP contribution in [-0.2, 0) is 6.54 Å². The zero-order chi connectivity index (χ0) is 19.2. The Morgan fingerprint density at radius 1 is 1.00 bits per heavy atom. The van der Waals surface area contributed by atoms with Gasteiger partial charge < -0.3 is 19.6 Å². The molecule has 0 aromatic heterocycles. The Labute approximate surface area is 167 Å². The second-order valence-corrected chi connectivity index (χ2v) is 8.08. The Bertz CT molecular complexity index is 707. The Kier molecular flexibility index (Phi) is 7.13. The molecule has 0 bridgehead atoms. The summed E-state index contributed by atoms with van der Waals surface area (Å²) in [7, 11) is 0. The minimum absolute atomic E-state index is 0.324. The monoisotopic (exact) mass is 390 g/mol. The van der Waals surface area contributed by atoms with Crippen molar-refractivity contribution < 1.29 is 19.6 Å². The summed E-state index contributed by atoms with van der Waals surface area (Å²) in [6.07, 6.45) is -0.452. The van der Waals surface area contributed by atoms with Crippen molar-refractivity contribution in [2.45, 2.75) is 26.5 Å². The number of hydrogen-bond donors (Lipinski definition) is 3. The molecule has 1 fully saturated rings. The second kappa shape index (κ2) is 9.56. The fourth-order valence-corrected chi connectivity index (χ4v) is 3.91. The molecule has 27 heavy (non-hydrogen) atoms. The van der Waals surface area contributed by atoms with Crippen LogP contribution < -0.4 is 14.5 Å². The highest BCUT2D eigenvalue weighted by Gasteiger charge is 2.25. The molecule has 0 spiro atoms. The molecule has 0 saturated carbocycles. The average Bonchev–Trinajstić information content (AvgIpc) is 2.67. The molecule has 1 heterocycles.